The van der Waals surface area contributed by atoms with Crippen molar-refractivity contribution >= 4 is 41.0 Å². The Morgan fingerprint density at radius 2 is 1.75 bits per heavy atom. The van der Waals surface area contributed by atoms with Gasteiger partial charge in [0.2, 0.25) is 5.91 Å². The molecular formula is C27H24Cl2N4O3. The molecule has 1 saturated heterocycles. The maximum absolute atomic E-state index is 14.1. The molecule has 1 N–H and O–H groups in total. The monoisotopic (exact) mass is 522 g/mol. The Morgan fingerprint density at radius 3 is 2.42 bits per heavy atom. The second-order valence-electron chi connectivity index (χ2n) is 8.60. The minimum Gasteiger partial charge on any atom is -0.497 e. The Kier molecular flexibility index (Phi) is 6.85. The first-order valence-corrected chi connectivity index (χ1v) is 12.3. The highest BCUT2D eigenvalue weighted by molar-refractivity contribution is 6.30. The standard InChI is InChI=1S/C27H24Cl2N4O3/c1-36-22-11-7-18(8-12-22)26-31-24(17-5-9-20(28)10-6-17)25(19-3-2-4-21(29)15-19)33(26)27(35)32-14-13-30-23(34)16-32/h2-12,15,24-25H,13-14,16H2,1H3,(H,30,34). The van der Waals surface area contributed by atoms with Crippen molar-refractivity contribution in [2.45, 2.75) is 12.1 Å². The lowest BCUT2D eigenvalue weighted by atomic mass is 9.93. The van der Waals surface area contributed by atoms with Gasteiger partial charge in [-0.25, -0.2) is 4.79 Å². The van der Waals surface area contributed by atoms with Crippen LogP contribution in [0.1, 0.15) is 28.8 Å². The molecule has 3 amide bonds. The van der Waals surface area contributed by atoms with Crippen molar-refractivity contribution in [3.63, 3.8) is 0 Å². The number of piperazine rings is 1. The van der Waals surface area contributed by atoms with Crippen molar-refractivity contribution in [3.05, 3.63) is 99.5 Å². The van der Waals surface area contributed by atoms with Gasteiger partial charge in [-0.1, -0.05) is 47.5 Å². The third-order valence-electron chi connectivity index (χ3n) is 6.33. The fourth-order valence-electron chi connectivity index (χ4n) is 4.59. The lowest BCUT2D eigenvalue weighted by molar-refractivity contribution is -0.123. The van der Waals surface area contributed by atoms with Gasteiger partial charge in [0.25, 0.3) is 0 Å². The minimum absolute atomic E-state index is 0.0148. The van der Waals surface area contributed by atoms with Gasteiger partial charge in [0.1, 0.15) is 24.2 Å². The van der Waals surface area contributed by atoms with E-state index in [1.807, 2.05) is 66.7 Å². The molecule has 3 aromatic rings. The molecule has 0 aliphatic carbocycles. The molecular weight excluding hydrogens is 499 g/mol. The van der Waals surface area contributed by atoms with Crippen LogP contribution in [0.25, 0.3) is 0 Å². The van der Waals surface area contributed by atoms with Crippen molar-refractivity contribution in [2.24, 2.45) is 4.99 Å². The van der Waals surface area contributed by atoms with Crippen LogP contribution in [0.2, 0.25) is 10.0 Å². The smallest absolute Gasteiger partial charge is 0.326 e. The molecule has 36 heavy (non-hydrogen) atoms. The molecule has 0 spiro atoms. The highest BCUT2D eigenvalue weighted by Gasteiger charge is 2.44. The van der Waals surface area contributed by atoms with Gasteiger partial charge < -0.3 is 15.0 Å². The lowest BCUT2D eigenvalue weighted by Gasteiger charge is -2.35. The van der Waals surface area contributed by atoms with E-state index >= 15 is 0 Å². The summed E-state index contributed by atoms with van der Waals surface area (Å²) in [6.45, 7) is 0.791. The van der Waals surface area contributed by atoms with Crippen molar-refractivity contribution in [1.29, 1.82) is 0 Å². The van der Waals surface area contributed by atoms with E-state index in [-0.39, 0.29) is 18.5 Å². The first-order valence-electron chi connectivity index (χ1n) is 11.5. The zero-order chi connectivity index (χ0) is 25.2. The van der Waals surface area contributed by atoms with Crippen molar-refractivity contribution in [1.82, 2.24) is 15.1 Å². The van der Waals surface area contributed by atoms with E-state index in [4.69, 9.17) is 32.9 Å². The fourth-order valence-corrected chi connectivity index (χ4v) is 4.92. The number of nitrogens with one attached hydrogen (secondary N) is 1. The first-order chi connectivity index (χ1) is 17.4. The summed E-state index contributed by atoms with van der Waals surface area (Å²) in [5.41, 5.74) is 2.50. The Morgan fingerprint density at radius 1 is 1.00 bits per heavy atom. The fraction of sp³-hybridized carbons (Fsp3) is 0.222. The van der Waals surface area contributed by atoms with Crippen molar-refractivity contribution in [2.75, 3.05) is 26.7 Å². The molecule has 0 aromatic heterocycles. The number of benzene rings is 3. The van der Waals surface area contributed by atoms with Gasteiger partial charge in [0.05, 0.1) is 13.2 Å². The van der Waals surface area contributed by atoms with E-state index in [2.05, 4.69) is 5.32 Å². The largest absolute Gasteiger partial charge is 0.497 e. The number of carbonyl (C=O) groups is 2. The topological polar surface area (TPSA) is 74.2 Å². The summed E-state index contributed by atoms with van der Waals surface area (Å²) in [6.07, 6.45) is 0. The molecule has 3 aromatic carbocycles. The molecule has 2 unspecified atom stereocenters. The van der Waals surface area contributed by atoms with Gasteiger partial charge >= 0.3 is 6.03 Å². The average molecular weight is 523 g/mol. The maximum atomic E-state index is 14.1. The number of hydrogen-bond acceptors (Lipinski definition) is 4. The molecule has 5 rings (SSSR count). The summed E-state index contributed by atoms with van der Waals surface area (Å²) in [7, 11) is 1.60. The van der Waals surface area contributed by atoms with Gasteiger partial charge in [-0.05, 0) is 59.7 Å². The van der Waals surface area contributed by atoms with Crippen LogP contribution in [0.15, 0.2) is 77.8 Å². The lowest BCUT2D eigenvalue weighted by Crippen LogP contribution is -2.55. The van der Waals surface area contributed by atoms with Crippen LogP contribution in [0.5, 0.6) is 5.75 Å². The van der Waals surface area contributed by atoms with Gasteiger partial charge in [-0.15, -0.1) is 0 Å². The molecule has 1 fully saturated rings. The van der Waals surface area contributed by atoms with Gasteiger partial charge in [-0.3, -0.25) is 14.7 Å². The number of urea groups is 1. The van der Waals surface area contributed by atoms with Crippen molar-refractivity contribution in [3.8, 4) is 5.75 Å². The van der Waals surface area contributed by atoms with Crippen LogP contribution in [0.3, 0.4) is 0 Å². The number of nitrogens with zero attached hydrogens (tertiary/aromatic N) is 3. The maximum Gasteiger partial charge on any atom is 0.326 e. The highest BCUT2D eigenvalue weighted by Crippen LogP contribution is 2.44. The second-order valence-corrected chi connectivity index (χ2v) is 9.47. The zero-order valence-corrected chi connectivity index (χ0v) is 21.0. The summed E-state index contributed by atoms with van der Waals surface area (Å²) in [5.74, 6) is 1.02. The number of carbonyl (C=O) groups excluding carboxylic acids is 2. The number of aliphatic imine (C=N–C) groups is 1. The number of ether oxygens (including phenoxy) is 1. The quantitative estimate of drug-likeness (QED) is 0.517. The normalized spacial score (nSPS) is 19.6. The van der Waals surface area contributed by atoms with Crippen LogP contribution < -0.4 is 10.1 Å². The van der Waals surface area contributed by atoms with Gasteiger partial charge in [-0.2, -0.15) is 0 Å². The van der Waals surface area contributed by atoms with E-state index in [1.54, 1.807) is 23.0 Å². The molecule has 0 saturated carbocycles. The van der Waals surface area contributed by atoms with Crippen LogP contribution in [0, 0.1) is 0 Å². The molecule has 2 aliphatic rings. The SMILES string of the molecule is COc1ccc(C2=NC(c3ccc(Cl)cc3)C(c3cccc(Cl)c3)N2C(=O)N2CCNC(=O)C2)cc1. The molecule has 0 bridgehead atoms. The molecule has 2 heterocycles. The number of halogens is 2. The predicted octanol–water partition coefficient (Wildman–Crippen LogP) is 5.10. The van der Waals surface area contributed by atoms with E-state index in [1.165, 1.54) is 0 Å². The third-order valence-corrected chi connectivity index (χ3v) is 6.82. The Bertz CT molecular complexity index is 1310. The number of rotatable bonds is 4. The van der Waals surface area contributed by atoms with E-state index in [9.17, 15) is 9.59 Å². The molecule has 2 aliphatic heterocycles. The Balaban J connectivity index is 1.66. The van der Waals surface area contributed by atoms with Gasteiger partial charge in [0.15, 0.2) is 0 Å². The summed E-state index contributed by atoms with van der Waals surface area (Å²) < 4.78 is 5.32. The highest BCUT2D eigenvalue weighted by atomic mass is 35.5. The summed E-state index contributed by atoms with van der Waals surface area (Å²) in [4.78, 5) is 34.5. The number of amides is 3. The van der Waals surface area contributed by atoms with Crippen LogP contribution >= 0.6 is 23.2 Å². The Labute approximate surface area is 219 Å². The van der Waals surface area contributed by atoms with Gasteiger partial charge in [0, 0.05) is 28.7 Å². The average Bonchev–Trinajstić information content (AvgIpc) is 3.29. The number of hydrogen-bond donors (Lipinski definition) is 1. The molecule has 9 heteroatoms. The number of methoxy groups -OCH3 is 1. The predicted molar refractivity (Wildman–Crippen MR) is 140 cm³/mol. The summed E-state index contributed by atoms with van der Waals surface area (Å²) >= 11 is 12.5. The zero-order valence-electron chi connectivity index (χ0n) is 19.5. The van der Waals surface area contributed by atoms with E-state index in [0.717, 1.165) is 16.7 Å². The molecule has 2 atom stereocenters. The number of amidine groups is 1. The van der Waals surface area contributed by atoms with Crippen LogP contribution in [0.4, 0.5) is 4.79 Å². The third kappa shape index (κ3) is 4.76. The molecule has 0 radical (unpaired) electrons. The summed E-state index contributed by atoms with van der Waals surface area (Å²) in [5, 5.41) is 3.95. The Hall–Kier alpha value is -3.55. The first kappa shape index (κ1) is 24.2. The van der Waals surface area contributed by atoms with Crippen LogP contribution in [-0.4, -0.2) is 54.3 Å². The van der Waals surface area contributed by atoms with E-state index in [0.29, 0.717) is 34.7 Å². The van der Waals surface area contributed by atoms with E-state index < -0.39 is 12.1 Å². The molecule has 184 valence electrons. The van der Waals surface area contributed by atoms with Crippen molar-refractivity contribution < 1.29 is 14.3 Å². The summed E-state index contributed by atoms with van der Waals surface area (Å²) in [6, 6.07) is 21.1. The molecule has 7 nitrogen and oxygen atoms in total. The second kappa shape index (κ2) is 10.2. The van der Waals surface area contributed by atoms with Crippen LogP contribution in [-0.2, 0) is 4.79 Å². The minimum atomic E-state index is -0.487.